The predicted octanol–water partition coefficient (Wildman–Crippen LogP) is 11.3. The molecule has 0 bridgehead atoms. The van der Waals surface area contributed by atoms with Crippen LogP contribution in [-0.4, -0.2) is 11.6 Å². The molecule has 6 heteroatoms. The van der Waals surface area contributed by atoms with Crippen LogP contribution in [0.25, 0.3) is 0 Å². The third kappa shape index (κ3) is 4.98. The Balaban J connectivity index is 0.994. The molecule has 50 heavy (non-hydrogen) atoms. The lowest BCUT2D eigenvalue weighted by Gasteiger charge is -2.32. The molecule has 0 N–H and O–H groups in total. The van der Waals surface area contributed by atoms with Gasteiger partial charge in [0.1, 0.15) is 0 Å². The van der Waals surface area contributed by atoms with Gasteiger partial charge in [-0.3, -0.25) is 9.59 Å². The lowest BCUT2D eigenvalue weighted by molar-refractivity contribution is 0.102. The minimum Gasteiger partial charge on any atom is -0.453 e. The zero-order valence-electron chi connectivity index (χ0n) is 26.7. The maximum absolute atomic E-state index is 13.8. The first-order chi connectivity index (χ1) is 24.6. The van der Waals surface area contributed by atoms with E-state index in [1.807, 2.05) is 146 Å². The van der Waals surface area contributed by atoms with Crippen LogP contribution in [0.4, 0.5) is 34.1 Å². The van der Waals surface area contributed by atoms with Crippen molar-refractivity contribution in [3.63, 3.8) is 0 Å². The molecule has 0 aromatic heterocycles. The van der Waals surface area contributed by atoms with Crippen LogP contribution in [0.1, 0.15) is 31.8 Å². The van der Waals surface area contributed by atoms with E-state index in [1.165, 1.54) is 0 Å². The van der Waals surface area contributed by atoms with Gasteiger partial charge in [0, 0.05) is 33.6 Å². The third-order valence-electron chi connectivity index (χ3n) is 9.01. The van der Waals surface area contributed by atoms with Gasteiger partial charge >= 0.3 is 0 Å². The van der Waals surface area contributed by atoms with E-state index in [2.05, 4.69) is 9.80 Å². The summed E-state index contributed by atoms with van der Waals surface area (Å²) in [6.07, 6.45) is 0. The van der Waals surface area contributed by atoms with E-state index >= 15 is 0 Å². The molecule has 2 heterocycles. The van der Waals surface area contributed by atoms with Gasteiger partial charge in [0.05, 0.1) is 22.7 Å². The van der Waals surface area contributed by atoms with Gasteiger partial charge in [-0.1, -0.05) is 97.1 Å². The van der Waals surface area contributed by atoms with Gasteiger partial charge in [0.25, 0.3) is 0 Å². The number of rotatable bonds is 6. The fraction of sp³-hybridized carbons (Fsp3) is 0. The smallest absolute Gasteiger partial charge is 0.193 e. The van der Waals surface area contributed by atoms with Crippen molar-refractivity contribution in [2.24, 2.45) is 0 Å². The molecule has 9 rings (SSSR count). The molecule has 2 aliphatic heterocycles. The number of anilines is 6. The maximum Gasteiger partial charge on any atom is 0.193 e. The van der Waals surface area contributed by atoms with E-state index in [-0.39, 0.29) is 11.6 Å². The fourth-order valence-electron chi connectivity index (χ4n) is 6.64. The monoisotopic (exact) mass is 648 g/mol. The van der Waals surface area contributed by atoms with Crippen molar-refractivity contribution in [2.45, 2.75) is 0 Å². The van der Waals surface area contributed by atoms with Crippen LogP contribution >= 0.6 is 0 Å². The molecule has 0 radical (unpaired) electrons. The number of benzene rings is 7. The average Bonchev–Trinajstić information content (AvgIpc) is 3.18. The van der Waals surface area contributed by atoms with Crippen molar-refractivity contribution in [1.29, 1.82) is 0 Å². The summed E-state index contributed by atoms with van der Waals surface area (Å²) in [5.74, 6) is 2.71. The molecular weight excluding hydrogens is 620 g/mol. The summed E-state index contributed by atoms with van der Waals surface area (Å²) in [5, 5.41) is 0. The molecule has 0 amide bonds. The SMILES string of the molecule is O=C(c1ccc(C(=O)c2cccc(N3c4ccccc4Oc4ccccc43)c2)cc1)c1cccc(N2c3ccccc3Oc3ccccc32)c1. The quantitative estimate of drug-likeness (QED) is 0.167. The second-order valence-corrected chi connectivity index (χ2v) is 12.1. The molecule has 0 spiro atoms. The first kappa shape index (κ1) is 29.2. The first-order valence-corrected chi connectivity index (χ1v) is 16.3. The van der Waals surface area contributed by atoms with Crippen LogP contribution in [0.3, 0.4) is 0 Å². The van der Waals surface area contributed by atoms with Crippen molar-refractivity contribution < 1.29 is 19.1 Å². The Morgan fingerprint density at radius 1 is 0.340 bits per heavy atom. The molecule has 6 nitrogen and oxygen atoms in total. The molecule has 0 aliphatic carbocycles. The fourth-order valence-corrected chi connectivity index (χ4v) is 6.64. The van der Waals surface area contributed by atoms with Crippen LogP contribution < -0.4 is 19.3 Å². The largest absolute Gasteiger partial charge is 0.453 e. The van der Waals surface area contributed by atoms with Gasteiger partial charge in [-0.15, -0.1) is 0 Å². The van der Waals surface area contributed by atoms with Gasteiger partial charge < -0.3 is 19.3 Å². The Morgan fingerprint density at radius 2 is 0.660 bits per heavy atom. The number of para-hydroxylation sites is 8. The molecule has 7 aromatic carbocycles. The number of hydrogen-bond donors (Lipinski definition) is 0. The summed E-state index contributed by atoms with van der Waals surface area (Å²) in [7, 11) is 0. The Morgan fingerprint density at radius 3 is 1.00 bits per heavy atom. The first-order valence-electron chi connectivity index (χ1n) is 16.3. The average molecular weight is 649 g/mol. The minimum atomic E-state index is -0.132. The van der Waals surface area contributed by atoms with Gasteiger partial charge in [0.15, 0.2) is 34.6 Å². The van der Waals surface area contributed by atoms with Crippen LogP contribution in [0.2, 0.25) is 0 Å². The topological polar surface area (TPSA) is 59.1 Å². The summed E-state index contributed by atoms with van der Waals surface area (Å²) in [5.41, 5.74) is 7.34. The molecule has 2 aliphatic rings. The second-order valence-electron chi connectivity index (χ2n) is 12.1. The highest BCUT2D eigenvalue weighted by atomic mass is 16.5. The Bertz CT molecular complexity index is 2190. The van der Waals surface area contributed by atoms with Gasteiger partial charge in [-0.2, -0.15) is 0 Å². The zero-order chi connectivity index (χ0) is 33.6. The molecule has 238 valence electrons. The summed E-state index contributed by atoms with van der Waals surface area (Å²) >= 11 is 0. The van der Waals surface area contributed by atoms with Gasteiger partial charge in [-0.25, -0.2) is 0 Å². The number of carbonyl (C=O) groups excluding carboxylic acids is 2. The second kappa shape index (κ2) is 12.0. The normalized spacial score (nSPS) is 12.4. The zero-order valence-corrected chi connectivity index (χ0v) is 26.7. The molecular formula is C44H28N2O4. The highest BCUT2D eigenvalue weighted by Gasteiger charge is 2.27. The number of fused-ring (bicyclic) bond motifs is 4. The highest BCUT2D eigenvalue weighted by Crippen LogP contribution is 2.51. The number of ketones is 2. The molecule has 0 atom stereocenters. The minimum absolute atomic E-state index is 0.132. The van der Waals surface area contributed by atoms with Crippen molar-refractivity contribution in [3.05, 3.63) is 192 Å². The number of carbonyl (C=O) groups is 2. The summed E-state index contributed by atoms with van der Waals surface area (Å²) in [6.45, 7) is 0. The van der Waals surface area contributed by atoms with Crippen molar-refractivity contribution in [3.8, 4) is 23.0 Å². The number of hydrogen-bond acceptors (Lipinski definition) is 6. The molecule has 0 fully saturated rings. The van der Waals surface area contributed by atoms with E-state index in [0.717, 1.165) is 57.1 Å². The van der Waals surface area contributed by atoms with E-state index in [4.69, 9.17) is 9.47 Å². The number of nitrogens with zero attached hydrogens (tertiary/aromatic N) is 2. The van der Waals surface area contributed by atoms with Crippen LogP contribution in [0.5, 0.6) is 23.0 Å². The highest BCUT2D eigenvalue weighted by molar-refractivity contribution is 6.12. The molecule has 7 aromatic rings. The van der Waals surface area contributed by atoms with Crippen LogP contribution in [0, 0.1) is 0 Å². The van der Waals surface area contributed by atoms with Gasteiger partial charge in [-0.05, 0) is 72.8 Å². The number of ether oxygens (including phenoxy) is 2. The Hall–Kier alpha value is -6.92. The third-order valence-corrected chi connectivity index (χ3v) is 9.01. The summed E-state index contributed by atoms with van der Waals surface area (Å²) in [6, 6.07) is 53.5. The Labute approximate surface area is 289 Å². The van der Waals surface area contributed by atoms with E-state index in [9.17, 15) is 9.59 Å². The maximum atomic E-state index is 13.8. The van der Waals surface area contributed by atoms with Crippen molar-refractivity contribution >= 4 is 45.7 Å². The van der Waals surface area contributed by atoms with Crippen molar-refractivity contribution in [1.82, 2.24) is 0 Å². The molecule has 0 saturated carbocycles. The molecule has 0 saturated heterocycles. The predicted molar refractivity (Wildman–Crippen MR) is 196 cm³/mol. The lowest BCUT2D eigenvalue weighted by atomic mass is 9.97. The van der Waals surface area contributed by atoms with Gasteiger partial charge in [0.2, 0.25) is 0 Å². The lowest BCUT2D eigenvalue weighted by Crippen LogP contribution is -2.16. The summed E-state index contributed by atoms with van der Waals surface area (Å²) < 4.78 is 12.3. The Kier molecular flexibility index (Phi) is 6.99. The molecule has 0 unspecified atom stereocenters. The van der Waals surface area contributed by atoms with Crippen LogP contribution in [0.15, 0.2) is 170 Å². The van der Waals surface area contributed by atoms with Crippen molar-refractivity contribution in [2.75, 3.05) is 9.80 Å². The summed E-state index contributed by atoms with van der Waals surface area (Å²) in [4.78, 5) is 31.8. The standard InChI is InChI=1S/C44H28N2O4/c47-43(31-11-9-13-33(27-31)45-35-15-1-5-19-39(35)49-40-20-6-2-16-36(40)45)29-23-25-30(26-24-29)44(48)32-12-10-14-34(28-32)46-37-17-3-7-21-41(37)50-42-22-8-4-18-38(42)46/h1-28H. The van der Waals surface area contributed by atoms with E-state index in [0.29, 0.717) is 22.3 Å². The van der Waals surface area contributed by atoms with E-state index < -0.39 is 0 Å². The van der Waals surface area contributed by atoms with E-state index in [1.54, 1.807) is 24.3 Å². The van der Waals surface area contributed by atoms with Crippen LogP contribution in [-0.2, 0) is 0 Å².